The van der Waals surface area contributed by atoms with Gasteiger partial charge in [-0.1, -0.05) is 6.07 Å². The quantitative estimate of drug-likeness (QED) is 0.786. The van der Waals surface area contributed by atoms with Gasteiger partial charge in [-0.25, -0.2) is 13.1 Å². The minimum atomic E-state index is -3.48. The third-order valence-electron chi connectivity index (χ3n) is 3.21. The number of hydrogen-bond donors (Lipinski definition) is 2. The van der Waals surface area contributed by atoms with Crippen molar-refractivity contribution in [3.8, 4) is 0 Å². The molecule has 1 heterocycles. The van der Waals surface area contributed by atoms with Crippen LogP contribution in [-0.2, 0) is 10.0 Å². The van der Waals surface area contributed by atoms with Crippen LogP contribution in [0, 0.1) is 6.92 Å². The number of nitrogen functional groups attached to an aromatic ring is 1. The first kappa shape index (κ1) is 13.3. The fourth-order valence-corrected chi connectivity index (χ4v) is 3.76. The number of benzene rings is 1. The molecule has 0 saturated carbocycles. The minimum Gasteiger partial charge on any atom is -0.399 e. The molecule has 0 amide bonds. The lowest BCUT2D eigenvalue weighted by molar-refractivity contribution is 0.407. The molecule has 5 nitrogen and oxygen atoms in total. The van der Waals surface area contributed by atoms with E-state index in [0.717, 1.165) is 19.5 Å². The van der Waals surface area contributed by atoms with E-state index in [4.69, 9.17) is 5.73 Å². The second-order valence-electron chi connectivity index (χ2n) is 4.89. The Morgan fingerprint density at radius 1 is 1.44 bits per heavy atom. The molecule has 3 N–H and O–H groups in total. The Hall–Kier alpha value is -1.11. The number of hydrogen-bond acceptors (Lipinski definition) is 4. The second kappa shape index (κ2) is 4.87. The predicted octanol–water partition coefficient (Wildman–Crippen LogP) is 0.560. The van der Waals surface area contributed by atoms with Crippen molar-refractivity contribution in [1.82, 2.24) is 9.62 Å². The molecule has 0 aliphatic carbocycles. The van der Waals surface area contributed by atoms with Crippen molar-refractivity contribution < 1.29 is 8.42 Å². The highest BCUT2D eigenvalue weighted by Gasteiger charge is 2.26. The van der Waals surface area contributed by atoms with E-state index in [1.165, 1.54) is 6.07 Å². The molecule has 1 atom stereocenters. The third kappa shape index (κ3) is 2.82. The number of nitrogens with zero attached hydrogens (tertiary/aromatic N) is 1. The van der Waals surface area contributed by atoms with Crippen molar-refractivity contribution in [2.75, 3.05) is 25.9 Å². The van der Waals surface area contributed by atoms with Crippen LogP contribution in [0.2, 0.25) is 0 Å². The lowest BCUT2D eigenvalue weighted by Gasteiger charge is -2.15. The van der Waals surface area contributed by atoms with Gasteiger partial charge >= 0.3 is 0 Å². The van der Waals surface area contributed by atoms with Crippen molar-refractivity contribution in [2.45, 2.75) is 24.3 Å². The number of nitrogens with two attached hydrogens (primary N) is 1. The summed E-state index contributed by atoms with van der Waals surface area (Å²) >= 11 is 0. The molecule has 1 aromatic carbocycles. The summed E-state index contributed by atoms with van der Waals surface area (Å²) in [5, 5.41) is 0. The predicted molar refractivity (Wildman–Crippen MR) is 71.8 cm³/mol. The zero-order chi connectivity index (χ0) is 13.3. The van der Waals surface area contributed by atoms with Crippen LogP contribution >= 0.6 is 0 Å². The fraction of sp³-hybridized carbons (Fsp3) is 0.500. The molecular formula is C12H19N3O2S. The summed E-state index contributed by atoms with van der Waals surface area (Å²) in [4.78, 5) is 2.39. The van der Waals surface area contributed by atoms with Gasteiger partial charge in [-0.15, -0.1) is 0 Å². The lowest BCUT2D eigenvalue weighted by atomic mass is 10.2. The van der Waals surface area contributed by atoms with Gasteiger partial charge in [-0.3, -0.25) is 0 Å². The van der Waals surface area contributed by atoms with Crippen LogP contribution < -0.4 is 10.5 Å². The maximum Gasteiger partial charge on any atom is 0.241 e. The number of rotatable bonds is 3. The maximum atomic E-state index is 12.3. The Balaban J connectivity index is 2.23. The first-order chi connectivity index (χ1) is 8.38. The van der Waals surface area contributed by atoms with E-state index in [1.807, 2.05) is 7.05 Å². The first-order valence-electron chi connectivity index (χ1n) is 5.95. The summed E-state index contributed by atoms with van der Waals surface area (Å²) < 4.78 is 27.3. The molecule has 0 radical (unpaired) electrons. The topological polar surface area (TPSA) is 75.4 Å². The maximum absolute atomic E-state index is 12.3. The summed E-state index contributed by atoms with van der Waals surface area (Å²) in [5.41, 5.74) is 6.83. The van der Waals surface area contributed by atoms with Crippen LogP contribution in [0.1, 0.15) is 12.0 Å². The standard InChI is InChI=1S/C12H19N3O2S/c1-9-3-4-10(13)7-12(9)18(16,17)14-11-5-6-15(2)8-11/h3-4,7,11,14H,5-6,8,13H2,1-2H3. The van der Waals surface area contributed by atoms with Gasteiger partial charge in [0.15, 0.2) is 0 Å². The van der Waals surface area contributed by atoms with Crippen molar-refractivity contribution in [1.29, 1.82) is 0 Å². The largest absolute Gasteiger partial charge is 0.399 e. The Labute approximate surface area is 108 Å². The van der Waals surface area contributed by atoms with E-state index < -0.39 is 10.0 Å². The molecular weight excluding hydrogens is 250 g/mol. The monoisotopic (exact) mass is 269 g/mol. The highest BCUT2D eigenvalue weighted by Crippen LogP contribution is 2.19. The van der Waals surface area contributed by atoms with Gasteiger partial charge < -0.3 is 10.6 Å². The number of sulfonamides is 1. The van der Waals surface area contributed by atoms with Gasteiger partial charge in [0, 0.05) is 18.3 Å². The van der Waals surface area contributed by atoms with E-state index >= 15 is 0 Å². The highest BCUT2D eigenvalue weighted by molar-refractivity contribution is 7.89. The third-order valence-corrected chi connectivity index (χ3v) is 4.88. The van der Waals surface area contributed by atoms with Crippen LogP contribution in [-0.4, -0.2) is 39.5 Å². The zero-order valence-electron chi connectivity index (χ0n) is 10.7. The second-order valence-corrected chi connectivity index (χ2v) is 6.58. The van der Waals surface area contributed by atoms with Gasteiger partial charge in [0.1, 0.15) is 0 Å². The van der Waals surface area contributed by atoms with Crippen LogP contribution in [0.5, 0.6) is 0 Å². The highest BCUT2D eigenvalue weighted by atomic mass is 32.2. The molecule has 1 aliphatic heterocycles. The zero-order valence-corrected chi connectivity index (χ0v) is 11.5. The van der Waals surface area contributed by atoms with Gasteiger partial charge in [0.05, 0.1) is 4.90 Å². The number of anilines is 1. The normalized spacial score (nSPS) is 21.3. The average molecular weight is 269 g/mol. The molecule has 0 bridgehead atoms. The average Bonchev–Trinajstić information content (AvgIpc) is 2.66. The van der Waals surface area contributed by atoms with Crippen LogP contribution in [0.15, 0.2) is 23.1 Å². The molecule has 100 valence electrons. The van der Waals surface area contributed by atoms with Crippen LogP contribution in [0.3, 0.4) is 0 Å². The van der Waals surface area contributed by atoms with Gasteiger partial charge in [-0.2, -0.15) is 0 Å². The molecule has 0 spiro atoms. The summed E-state index contributed by atoms with van der Waals surface area (Å²) in [6.45, 7) is 3.44. The summed E-state index contributed by atoms with van der Waals surface area (Å²) in [7, 11) is -1.49. The lowest BCUT2D eigenvalue weighted by Crippen LogP contribution is -2.36. The summed E-state index contributed by atoms with van der Waals surface area (Å²) in [6.07, 6.45) is 0.844. The Bertz CT molecular complexity index is 542. The molecule has 2 rings (SSSR count). The Kier molecular flexibility index (Phi) is 3.61. The Morgan fingerprint density at radius 2 is 2.17 bits per heavy atom. The van der Waals surface area contributed by atoms with E-state index in [1.54, 1.807) is 19.1 Å². The first-order valence-corrected chi connectivity index (χ1v) is 7.44. The molecule has 6 heteroatoms. The van der Waals surface area contributed by atoms with Crippen molar-refractivity contribution in [2.24, 2.45) is 0 Å². The van der Waals surface area contributed by atoms with Gasteiger partial charge in [0.25, 0.3) is 0 Å². The van der Waals surface area contributed by atoms with E-state index in [2.05, 4.69) is 9.62 Å². The summed E-state index contributed by atoms with van der Waals surface area (Å²) in [5.74, 6) is 0. The van der Waals surface area contributed by atoms with E-state index in [-0.39, 0.29) is 10.9 Å². The fourth-order valence-electron chi connectivity index (χ4n) is 2.22. The van der Waals surface area contributed by atoms with Gasteiger partial charge in [0.2, 0.25) is 10.0 Å². The van der Waals surface area contributed by atoms with Crippen molar-refractivity contribution in [3.63, 3.8) is 0 Å². The van der Waals surface area contributed by atoms with Crippen LogP contribution in [0.25, 0.3) is 0 Å². The SMILES string of the molecule is Cc1ccc(N)cc1S(=O)(=O)NC1CCN(C)C1. The van der Waals surface area contributed by atoms with Crippen LogP contribution in [0.4, 0.5) is 5.69 Å². The smallest absolute Gasteiger partial charge is 0.241 e. The molecule has 1 saturated heterocycles. The Morgan fingerprint density at radius 3 is 2.78 bits per heavy atom. The number of aryl methyl sites for hydroxylation is 1. The van der Waals surface area contributed by atoms with Crippen molar-refractivity contribution >= 4 is 15.7 Å². The molecule has 1 aliphatic rings. The number of likely N-dealkylation sites (tertiary alicyclic amines) is 1. The summed E-state index contributed by atoms with van der Waals surface area (Å²) in [6, 6.07) is 4.93. The number of nitrogens with one attached hydrogen (secondary N) is 1. The van der Waals surface area contributed by atoms with Gasteiger partial charge in [-0.05, 0) is 44.6 Å². The molecule has 1 unspecified atom stereocenters. The number of likely N-dealkylation sites (N-methyl/N-ethyl adjacent to an activating group) is 1. The van der Waals surface area contributed by atoms with Crippen molar-refractivity contribution in [3.05, 3.63) is 23.8 Å². The molecule has 18 heavy (non-hydrogen) atoms. The van der Waals surface area contributed by atoms with E-state index in [9.17, 15) is 8.42 Å². The van der Waals surface area contributed by atoms with E-state index in [0.29, 0.717) is 11.3 Å². The minimum absolute atomic E-state index is 0.0131. The molecule has 1 aromatic rings. The molecule has 1 fully saturated rings. The molecule has 0 aromatic heterocycles.